The number of quaternary nitrogens is 2. The standard InChI is InChI=1S/C18H12N2O4.2C7H16NO/c19-15-7-3-1-2-4-8(7)16(20)14-13(15)17(23)11-9(21)5-6-10(22)12(11)18(14)24;2*1-8(2,9)7-5-3-4-6-7/h1-6,21-22H,19-20H2;2*7,9H,3-6H2,1-2H3/q;2*+1. The zero-order valence-corrected chi connectivity index (χ0v) is 24.9. The normalized spacial score (nSPS) is 17.3. The first kappa shape index (κ1) is 31.2. The van der Waals surface area contributed by atoms with Crippen molar-refractivity contribution in [2.24, 2.45) is 0 Å². The number of carbonyl (C=O) groups is 2. The zero-order valence-electron chi connectivity index (χ0n) is 24.9. The summed E-state index contributed by atoms with van der Waals surface area (Å²) >= 11 is 0. The van der Waals surface area contributed by atoms with Crippen LogP contribution < -0.4 is 11.5 Å². The maximum atomic E-state index is 12.9. The fraction of sp³-hybridized carbons (Fsp3) is 0.438. The van der Waals surface area contributed by atoms with Crippen molar-refractivity contribution >= 4 is 33.7 Å². The Hall–Kier alpha value is -3.70. The van der Waals surface area contributed by atoms with Gasteiger partial charge in [-0.2, -0.15) is 9.29 Å². The molecule has 0 heterocycles. The molecule has 2 fully saturated rings. The molecule has 42 heavy (non-hydrogen) atoms. The molecule has 6 rings (SSSR count). The van der Waals surface area contributed by atoms with E-state index >= 15 is 0 Å². The number of nitrogens with zero attached hydrogens (tertiary/aromatic N) is 2. The molecule has 0 aromatic heterocycles. The van der Waals surface area contributed by atoms with Crippen molar-refractivity contribution in [3.05, 3.63) is 58.7 Å². The number of aromatic hydroxyl groups is 2. The molecule has 0 spiro atoms. The number of anilines is 2. The average molecular weight is 581 g/mol. The largest absolute Gasteiger partial charge is 0.507 e. The summed E-state index contributed by atoms with van der Waals surface area (Å²) in [7, 11) is 7.43. The van der Waals surface area contributed by atoms with Crippen molar-refractivity contribution in [3.63, 3.8) is 0 Å². The third-order valence-corrected chi connectivity index (χ3v) is 8.80. The van der Waals surface area contributed by atoms with Gasteiger partial charge >= 0.3 is 0 Å². The van der Waals surface area contributed by atoms with Crippen molar-refractivity contribution in [1.29, 1.82) is 0 Å². The van der Waals surface area contributed by atoms with Crippen molar-refractivity contribution in [2.75, 3.05) is 39.7 Å². The Bertz CT molecular complexity index is 1380. The monoisotopic (exact) mass is 580 g/mol. The van der Waals surface area contributed by atoms with E-state index in [4.69, 9.17) is 11.5 Å². The minimum Gasteiger partial charge on any atom is -0.507 e. The number of phenolic OH excluding ortho intramolecular Hbond substituents is 2. The van der Waals surface area contributed by atoms with E-state index in [-0.39, 0.29) is 42.9 Å². The Morgan fingerprint density at radius 1 is 0.595 bits per heavy atom. The molecule has 8 N–H and O–H groups in total. The molecular formula is C32H44N4O6+2. The lowest BCUT2D eigenvalue weighted by atomic mass is 9.80. The molecule has 3 aromatic carbocycles. The van der Waals surface area contributed by atoms with Gasteiger partial charge in [0, 0.05) is 36.5 Å². The molecule has 226 valence electrons. The van der Waals surface area contributed by atoms with Crippen LogP contribution >= 0.6 is 0 Å². The predicted molar refractivity (Wildman–Crippen MR) is 162 cm³/mol. The second-order valence-electron chi connectivity index (χ2n) is 12.5. The van der Waals surface area contributed by atoms with Crippen LogP contribution in [0, 0.1) is 0 Å². The molecule has 0 radical (unpaired) electrons. The van der Waals surface area contributed by atoms with E-state index in [2.05, 4.69) is 0 Å². The van der Waals surface area contributed by atoms with E-state index in [9.17, 15) is 30.2 Å². The summed E-state index contributed by atoms with van der Waals surface area (Å²) in [6.07, 6.45) is 9.99. The Kier molecular flexibility index (Phi) is 8.84. The highest BCUT2D eigenvalue weighted by atomic mass is 16.5. The number of ketones is 2. The highest BCUT2D eigenvalue weighted by Crippen LogP contribution is 2.44. The number of rotatable bonds is 2. The number of carbonyl (C=O) groups excluding carboxylic acids is 2. The summed E-state index contributed by atoms with van der Waals surface area (Å²) in [4.78, 5) is 25.8. The summed E-state index contributed by atoms with van der Waals surface area (Å²) in [5, 5.41) is 40.0. The van der Waals surface area contributed by atoms with Crippen LogP contribution in [0.1, 0.15) is 83.2 Å². The van der Waals surface area contributed by atoms with Crippen molar-refractivity contribution in [3.8, 4) is 11.5 Å². The Morgan fingerprint density at radius 3 is 1.17 bits per heavy atom. The van der Waals surface area contributed by atoms with Gasteiger partial charge in [0.15, 0.2) is 0 Å². The third kappa shape index (κ3) is 6.07. The van der Waals surface area contributed by atoms with Crippen LogP contribution in [0.3, 0.4) is 0 Å². The van der Waals surface area contributed by atoms with Crippen LogP contribution in [0.5, 0.6) is 11.5 Å². The molecule has 0 saturated heterocycles. The Labute approximate surface area is 246 Å². The Morgan fingerprint density at radius 2 is 0.905 bits per heavy atom. The number of benzene rings is 3. The molecule has 0 unspecified atom stereocenters. The number of hydroxylamine groups is 6. The molecule has 0 aliphatic heterocycles. The lowest BCUT2D eigenvalue weighted by Gasteiger charge is -2.26. The van der Waals surface area contributed by atoms with Crippen LogP contribution in [-0.4, -0.2) is 81.8 Å². The predicted octanol–water partition coefficient (Wildman–Crippen LogP) is 4.98. The van der Waals surface area contributed by atoms with Crippen LogP contribution in [-0.2, 0) is 0 Å². The van der Waals surface area contributed by atoms with Crippen LogP contribution in [0.2, 0.25) is 0 Å². The molecule has 3 aliphatic carbocycles. The van der Waals surface area contributed by atoms with E-state index < -0.39 is 23.1 Å². The zero-order chi connectivity index (χ0) is 31.0. The second-order valence-corrected chi connectivity index (χ2v) is 12.5. The van der Waals surface area contributed by atoms with Gasteiger partial charge in [0.05, 0.1) is 61.8 Å². The fourth-order valence-electron chi connectivity index (χ4n) is 6.33. The first-order chi connectivity index (χ1) is 19.6. The van der Waals surface area contributed by atoms with Crippen LogP contribution in [0.15, 0.2) is 36.4 Å². The van der Waals surface area contributed by atoms with Gasteiger partial charge < -0.3 is 21.7 Å². The smallest absolute Gasteiger partial charge is 0.200 e. The highest BCUT2D eigenvalue weighted by molar-refractivity contribution is 6.36. The first-order valence-corrected chi connectivity index (χ1v) is 14.5. The summed E-state index contributed by atoms with van der Waals surface area (Å²) < 4.78 is 0.333. The quantitative estimate of drug-likeness (QED) is 0.0635. The lowest BCUT2D eigenvalue weighted by molar-refractivity contribution is -1.09. The van der Waals surface area contributed by atoms with Gasteiger partial charge in [0.2, 0.25) is 11.6 Å². The summed E-state index contributed by atoms with van der Waals surface area (Å²) in [5.41, 5.74) is 11.9. The highest BCUT2D eigenvalue weighted by Gasteiger charge is 2.38. The molecule has 10 nitrogen and oxygen atoms in total. The topological polar surface area (TPSA) is 167 Å². The van der Waals surface area contributed by atoms with Crippen molar-refractivity contribution in [1.82, 2.24) is 0 Å². The van der Waals surface area contributed by atoms with Gasteiger partial charge in [-0.15, -0.1) is 0 Å². The lowest BCUT2D eigenvalue weighted by Crippen LogP contribution is -2.43. The van der Waals surface area contributed by atoms with Gasteiger partial charge in [0.25, 0.3) is 0 Å². The number of nitrogens with two attached hydrogens (primary N) is 2. The van der Waals surface area contributed by atoms with Crippen LogP contribution in [0.4, 0.5) is 11.4 Å². The number of phenols is 2. The number of fused-ring (bicyclic) bond motifs is 3. The second kappa shape index (κ2) is 11.9. The van der Waals surface area contributed by atoms with E-state index in [1.807, 2.05) is 28.2 Å². The van der Waals surface area contributed by atoms with Gasteiger partial charge in [-0.1, -0.05) is 24.3 Å². The van der Waals surface area contributed by atoms with E-state index in [1.54, 1.807) is 24.3 Å². The Balaban J connectivity index is 0.000000184. The van der Waals surface area contributed by atoms with E-state index in [0.717, 1.165) is 12.1 Å². The first-order valence-electron chi connectivity index (χ1n) is 14.5. The van der Waals surface area contributed by atoms with Gasteiger partial charge in [-0.25, -0.2) is 10.4 Å². The van der Waals surface area contributed by atoms with Gasteiger partial charge in [-0.05, 0) is 37.8 Å². The van der Waals surface area contributed by atoms with Gasteiger partial charge in [-0.3, -0.25) is 9.59 Å². The number of nitrogen functional groups attached to an aromatic ring is 2. The molecule has 0 atom stereocenters. The molecule has 2 saturated carbocycles. The van der Waals surface area contributed by atoms with Gasteiger partial charge in [0.1, 0.15) is 23.6 Å². The molecule has 3 aliphatic rings. The van der Waals surface area contributed by atoms with Crippen LogP contribution in [0.25, 0.3) is 10.8 Å². The maximum absolute atomic E-state index is 12.9. The van der Waals surface area contributed by atoms with Crippen molar-refractivity contribution in [2.45, 2.75) is 63.5 Å². The van der Waals surface area contributed by atoms with E-state index in [0.29, 0.717) is 22.9 Å². The molecule has 10 heteroatoms. The minimum atomic E-state index is -0.636. The maximum Gasteiger partial charge on any atom is 0.200 e. The number of hydrogen-bond acceptors (Lipinski definition) is 8. The summed E-state index contributed by atoms with van der Waals surface area (Å²) in [6, 6.07) is 10.2. The molecule has 0 amide bonds. The SMILES string of the molecule is C[N+](C)(O)C1CCCC1.C[N+](C)(O)C1CCCC1.Nc1c2c(c(N)c3ccccc13)C(=O)c1c(O)ccc(O)c1C2=O. The summed E-state index contributed by atoms with van der Waals surface area (Å²) in [5.74, 6) is -2.05. The molecule has 0 bridgehead atoms. The average Bonchev–Trinajstić information content (AvgIpc) is 3.66. The summed E-state index contributed by atoms with van der Waals surface area (Å²) in [6.45, 7) is 0. The fourth-order valence-corrected chi connectivity index (χ4v) is 6.33. The number of hydrogen-bond donors (Lipinski definition) is 6. The van der Waals surface area contributed by atoms with E-state index in [1.165, 1.54) is 51.4 Å². The third-order valence-electron chi connectivity index (χ3n) is 8.80. The van der Waals surface area contributed by atoms with Crippen molar-refractivity contribution < 1.29 is 39.5 Å². The molecular weight excluding hydrogens is 536 g/mol. The minimum absolute atomic E-state index is 0.0374. The molecule has 3 aromatic rings.